The van der Waals surface area contributed by atoms with E-state index in [1.54, 1.807) is 11.8 Å². The van der Waals surface area contributed by atoms with E-state index in [1.165, 1.54) is 5.56 Å². The van der Waals surface area contributed by atoms with Crippen molar-refractivity contribution in [1.29, 1.82) is 0 Å². The van der Waals surface area contributed by atoms with Gasteiger partial charge in [0, 0.05) is 23.7 Å². The van der Waals surface area contributed by atoms with Crippen molar-refractivity contribution < 1.29 is 5.11 Å². The molecule has 0 aliphatic carbocycles. The van der Waals surface area contributed by atoms with Crippen LogP contribution < -0.4 is 0 Å². The van der Waals surface area contributed by atoms with Crippen LogP contribution >= 0.6 is 23.4 Å². The fourth-order valence-corrected chi connectivity index (χ4v) is 5.37. The lowest BCUT2D eigenvalue weighted by Crippen LogP contribution is -2.50. The zero-order valence-corrected chi connectivity index (χ0v) is 15.5. The number of aliphatic hydroxyl groups is 1. The van der Waals surface area contributed by atoms with Crippen LogP contribution in [0.25, 0.3) is 0 Å². The number of aliphatic imine (C=N–C) groups is 1. The SMILES string of the molecule is OC1(c2ccccc2Cl)C(CCc2ccccc2)SC2=NCCCN21. The Bertz CT molecular complexity index is 782. The number of amidine groups is 1. The van der Waals surface area contributed by atoms with Crippen molar-refractivity contribution in [3.8, 4) is 0 Å². The Labute approximate surface area is 157 Å². The molecule has 4 rings (SSSR count). The maximum absolute atomic E-state index is 11.8. The van der Waals surface area contributed by atoms with Gasteiger partial charge in [-0.25, -0.2) is 0 Å². The predicted octanol–water partition coefficient (Wildman–Crippen LogP) is 4.30. The largest absolute Gasteiger partial charge is 0.366 e. The van der Waals surface area contributed by atoms with Crippen LogP contribution in [0.1, 0.15) is 24.0 Å². The van der Waals surface area contributed by atoms with Gasteiger partial charge < -0.3 is 10.0 Å². The third-order valence-corrected chi connectivity index (χ3v) is 6.67. The van der Waals surface area contributed by atoms with E-state index < -0.39 is 5.72 Å². The number of aryl methyl sites for hydroxylation is 1. The molecule has 0 saturated carbocycles. The first-order valence-electron chi connectivity index (χ1n) is 8.69. The van der Waals surface area contributed by atoms with Crippen LogP contribution in [-0.4, -0.2) is 33.5 Å². The first-order valence-corrected chi connectivity index (χ1v) is 9.95. The van der Waals surface area contributed by atoms with Gasteiger partial charge in [0.05, 0.1) is 5.25 Å². The summed E-state index contributed by atoms with van der Waals surface area (Å²) in [6.45, 7) is 1.65. The molecule has 0 aromatic heterocycles. The van der Waals surface area contributed by atoms with E-state index in [1.807, 2.05) is 30.3 Å². The average molecular weight is 373 g/mol. The molecule has 2 aliphatic heterocycles. The number of hydrogen-bond donors (Lipinski definition) is 1. The summed E-state index contributed by atoms with van der Waals surface area (Å²) >= 11 is 8.16. The maximum atomic E-state index is 11.8. The van der Waals surface area contributed by atoms with Crippen LogP contribution in [0.15, 0.2) is 59.6 Å². The summed E-state index contributed by atoms with van der Waals surface area (Å²) in [6.07, 6.45) is 2.75. The smallest absolute Gasteiger partial charge is 0.180 e. The normalized spacial score (nSPS) is 25.6. The molecule has 1 fully saturated rings. The van der Waals surface area contributed by atoms with Crippen LogP contribution in [-0.2, 0) is 12.1 Å². The summed E-state index contributed by atoms with van der Waals surface area (Å²) in [7, 11) is 0. The van der Waals surface area contributed by atoms with Gasteiger partial charge in [0.1, 0.15) is 0 Å². The second-order valence-electron chi connectivity index (χ2n) is 6.51. The molecule has 25 heavy (non-hydrogen) atoms. The fraction of sp³-hybridized carbons (Fsp3) is 0.350. The van der Waals surface area contributed by atoms with Crippen molar-refractivity contribution >= 4 is 28.5 Å². The molecule has 130 valence electrons. The zero-order chi connectivity index (χ0) is 17.3. The molecule has 1 N–H and O–H groups in total. The Morgan fingerprint density at radius 1 is 1.16 bits per heavy atom. The Kier molecular flexibility index (Phi) is 4.76. The van der Waals surface area contributed by atoms with Crippen LogP contribution in [0.4, 0.5) is 0 Å². The van der Waals surface area contributed by atoms with Gasteiger partial charge in [0.2, 0.25) is 0 Å². The molecule has 0 bridgehead atoms. The Balaban J connectivity index is 1.67. The Morgan fingerprint density at radius 2 is 1.92 bits per heavy atom. The lowest BCUT2D eigenvalue weighted by atomic mass is 9.93. The van der Waals surface area contributed by atoms with Gasteiger partial charge in [-0.3, -0.25) is 4.99 Å². The van der Waals surface area contributed by atoms with E-state index in [9.17, 15) is 5.11 Å². The summed E-state index contributed by atoms with van der Waals surface area (Å²) in [4.78, 5) is 6.70. The number of rotatable bonds is 4. The van der Waals surface area contributed by atoms with Crippen molar-refractivity contribution in [2.24, 2.45) is 4.99 Å². The van der Waals surface area contributed by atoms with Crippen LogP contribution in [0.5, 0.6) is 0 Å². The van der Waals surface area contributed by atoms with Crippen LogP contribution in [0.2, 0.25) is 5.02 Å². The van der Waals surface area contributed by atoms with E-state index in [4.69, 9.17) is 11.6 Å². The van der Waals surface area contributed by atoms with Crippen molar-refractivity contribution in [2.75, 3.05) is 13.1 Å². The van der Waals surface area contributed by atoms with E-state index in [0.717, 1.165) is 43.1 Å². The zero-order valence-electron chi connectivity index (χ0n) is 13.9. The molecule has 2 aliphatic rings. The van der Waals surface area contributed by atoms with Crippen molar-refractivity contribution in [3.05, 3.63) is 70.7 Å². The molecule has 2 aromatic rings. The highest BCUT2D eigenvalue weighted by Gasteiger charge is 2.53. The average Bonchev–Trinajstić information content (AvgIpc) is 2.94. The molecule has 1 saturated heterocycles. The summed E-state index contributed by atoms with van der Waals surface area (Å²) in [5, 5.41) is 13.4. The number of hydrogen-bond acceptors (Lipinski definition) is 4. The lowest BCUT2D eigenvalue weighted by Gasteiger charge is -2.39. The molecule has 2 atom stereocenters. The van der Waals surface area contributed by atoms with Crippen molar-refractivity contribution in [2.45, 2.75) is 30.2 Å². The van der Waals surface area contributed by atoms with E-state index in [-0.39, 0.29) is 5.25 Å². The molecule has 0 radical (unpaired) electrons. The molecule has 3 nitrogen and oxygen atoms in total. The molecule has 0 amide bonds. The Morgan fingerprint density at radius 3 is 2.72 bits per heavy atom. The summed E-state index contributed by atoms with van der Waals surface area (Å²) < 4.78 is 0. The number of nitrogens with zero attached hydrogens (tertiary/aromatic N) is 2. The highest BCUT2D eigenvalue weighted by Crippen LogP contribution is 2.49. The van der Waals surface area contributed by atoms with Crippen molar-refractivity contribution in [1.82, 2.24) is 4.90 Å². The predicted molar refractivity (Wildman–Crippen MR) is 105 cm³/mol. The molecule has 2 heterocycles. The third-order valence-electron chi connectivity index (χ3n) is 4.93. The standard InChI is InChI=1S/C20H21ClN2OS/c21-17-10-5-4-9-16(17)20(24)18(12-11-15-7-2-1-3-8-15)25-19-22-13-6-14-23(19)20/h1-5,7-10,18,24H,6,11-14H2. The van der Waals surface area contributed by atoms with E-state index in [0.29, 0.717) is 5.02 Å². The van der Waals surface area contributed by atoms with Gasteiger partial charge in [-0.05, 0) is 30.9 Å². The highest BCUT2D eigenvalue weighted by atomic mass is 35.5. The summed E-state index contributed by atoms with van der Waals surface area (Å²) in [5.74, 6) is 0. The summed E-state index contributed by atoms with van der Waals surface area (Å²) in [6, 6.07) is 18.1. The van der Waals surface area contributed by atoms with E-state index in [2.05, 4.69) is 34.2 Å². The number of halogens is 1. The maximum Gasteiger partial charge on any atom is 0.180 e. The first kappa shape index (κ1) is 17.0. The van der Waals surface area contributed by atoms with Gasteiger partial charge >= 0.3 is 0 Å². The van der Waals surface area contributed by atoms with Gasteiger partial charge in [-0.2, -0.15) is 0 Å². The second kappa shape index (κ2) is 7.02. The minimum atomic E-state index is -1.10. The monoisotopic (exact) mass is 372 g/mol. The van der Waals surface area contributed by atoms with Crippen LogP contribution in [0.3, 0.4) is 0 Å². The Hall–Kier alpha value is -1.49. The minimum Gasteiger partial charge on any atom is -0.366 e. The quantitative estimate of drug-likeness (QED) is 0.869. The van der Waals surface area contributed by atoms with Gasteiger partial charge in [0.25, 0.3) is 0 Å². The molecule has 0 spiro atoms. The number of thioether (sulfide) groups is 1. The van der Waals surface area contributed by atoms with Gasteiger partial charge in [0.15, 0.2) is 10.9 Å². The fourth-order valence-electron chi connectivity index (χ4n) is 3.67. The lowest BCUT2D eigenvalue weighted by molar-refractivity contribution is -0.0734. The molecule has 2 aromatic carbocycles. The third kappa shape index (κ3) is 3.07. The molecular weight excluding hydrogens is 352 g/mol. The molecular formula is C20H21ClN2OS. The highest BCUT2D eigenvalue weighted by molar-refractivity contribution is 8.14. The molecule has 2 unspecified atom stereocenters. The second-order valence-corrected chi connectivity index (χ2v) is 8.08. The minimum absolute atomic E-state index is 0.00413. The molecule has 5 heteroatoms. The van der Waals surface area contributed by atoms with E-state index >= 15 is 0 Å². The van der Waals surface area contributed by atoms with Crippen molar-refractivity contribution in [3.63, 3.8) is 0 Å². The number of fused-ring (bicyclic) bond motifs is 1. The van der Waals surface area contributed by atoms with Gasteiger partial charge in [-0.1, -0.05) is 71.9 Å². The number of benzene rings is 2. The van der Waals surface area contributed by atoms with Gasteiger partial charge in [-0.15, -0.1) is 0 Å². The summed E-state index contributed by atoms with van der Waals surface area (Å²) in [5.41, 5.74) is 0.975. The first-order chi connectivity index (χ1) is 12.2. The van der Waals surface area contributed by atoms with Crippen LogP contribution in [0, 0.1) is 0 Å². The topological polar surface area (TPSA) is 35.8 Å².